The maximum atomic E-state index is 12.2. The number of aliphatic hydroxyl groups excluding tert-OH is 1. The predicted molar refractivity (Wildman–Crippen MR) is 77.2 cm³/mol. The molecule has 1 fully saturated rings. The zero-order valence-electron chi connectivity index (χ0n) is 11.9. The molecule has 0 saturated heterocycles. The van der Waals surface area contributed by atoms with E-state index < -0.39 is 6.10 Å². The zero-order chi connectivity index (χ0) is 14.4. The Labute approximate surface area is 120 Å². The third kappa shape index (κ3) is 3.81. The first-order valence-electron chi connectivity index (χ1n) is 7.26. The van der Waals surface area contributed by atoms with E-state index in [1.165, 1.54) is 7.11 Å². The molecule has 1 aliphatic carbocycles. The standard InChI is InChI=1S/C16H23NO3/c1-20-15(12-7-3-2-4-8-12)16(19)17-11-13-9-5-6-10-14(13)18/h2-4,7-8,13-15,18H,5-6,9-11H2,1H3,(H,17,19). The van der Waals surface area contributed by atoms with Crippen molar-refractivity contribution in [1.82, 2.24) is 5.32 Å². The van der Waals surface area contributed by atoms with Gasteiger partial charge in [-0.05, 0) is 18.4 Å². The highest BCUT2D eigenvalue weighted by molar-refractivity contribution is 5.82. The van der Waals surface area contributed by atoms with Gasteiger partial charge in [0.2, 0.25) is 0 Å². The monoisotopic (exact) mass is 277 g/mol. The lowest BCUT2D eigenvalue weighted by Crippen LogP contribution is -2.39. The third-order valence-corrected chi connectivity index (χ3v) is 3.98. The minimum atomic E-state index is -0.586. The van der Waals surface area contributed by atoms with Crippen LogP contribution in [0.3, 0.4) is 0 Å². The van der Waals surface area contributed by atoms with Crippen molar-refractivity contribution in [3.63, 3.8) is 0 Å². The second-order valence-corrected chi connectivity index (χ2v) is 5.38. The van der Waals surface area contributed by atoms with E-state index in [0.717, 1.165) is 31.2 Å². The number of hydrogen-bond donors (Lipinski definition) is 2. The van der Waals surface area contributed by atoms with E-state index in [4.69, 9.17) is 4.74 Å². The number of ether oxygens (including phenoxy) is 1. The molecule has 0 spiro atoms. The van der Waals surface area contributed by atoms with Crippen molar-refractivity contribution in [2.45, 2.75) is 37.9 Å². The number of nitrogens with one attached hydrogen (secondary N) is 1. The van der Waals surface area contributed by atoms with Crippen LogP contribution in [0.2, 0.25) is 0 Å². The van der Waals surface area contributed by atoms with E-state index in [9.17, 15) is 9.90 Å². The Balaban J connectivity index is 1.89. The quantitative estimate of drug-likeness (QED) is 0.866. The van der Waals surface area contributed by atoms with Crippen molar-refractivity contribution in [2.75, 3.05) is 13.7 Å². The fourth-order valence-corrected chi connectivity index (χ4v) is 2.77. The Kier molecular flexibility index (Phi) is 5.56. The number of carbonyl (C=O) groups is 1. The third-order valence-electron chi connectivity index (χ3n) is 3.98. The zero-order valence-corrected chi connectivity index (χ0v) is 11.9. The van der Waals surface area contributed by atoms with Crippen molar-refractivity contribution in [1.29, 1.82) is 0 Å². The van der Waals surface area contributed by atoms with Crippen molar-refractivity contribution >= 4 is 5.91 Å². The second kappa shape index (κ2) is 7.41. The number of aliphatic hydroxyl groups is 1. The maximum Gasteiger partial charge on any atom is 0.253 e. The first-order chi connectivity index (χ1) is 9.72. The fourth-order valence-electron chi connectivity index (χ4n) is 2.77. The molecular formula is C16H23NO3. The first-order valence-corrected chi connectivity index (χ1v) is 7.26. The highest BCUT2D eigenvalue weighted by Gasteiger charge is 2.25. The minimum absolute atomic E-state index is 0.142. The van der Waals surface area contributed by atoms with Crippen molar-refractivity contribution in [3.05, 3.63) is 35.9 Å². The molecule has 4 nitrogen and oxygen atoms in total. The predicted octanol–water partition coefficient (Wildman–Crippen LogP) is 2.04. The van der Waals surface area contributed by atoms with Gasteiger partial charge in [-0.2, -0.15) is 0 Å². The topological polar surface area (TPSA) is 58.6 Å². The van der Waals surface area contributed by atoms with Crippen molar-refractivity contribution in [3.8, 4) is 0 Å². The molecule has 0 bridgehead atoms. The average Bonchev–Trinajstić information content (AvgIpc) is 2.48. The number of amides is 1. The molecular weight excluding hydrogens is 254 g/mol. The van der Waals surface area contributed by atoms with Crippen LogP contribution in [0.25, 0.3) is 0 Å². The molecule has 0 aliphatic heterocycles. The largest absolute Gasteiger partial charge is 0.393 e. The first kappa shape index (κ1) is 15.0. The molecule has 2 N–H and O–H groups in total. The Hall–Kier alpha value is -1.39. The summed E-state index contributed by atoms with van der Waals surface area (Å²) in [5.41, 5.74) is 0.844. The molecule has 110 valence electrons. The summed E-state index contributed by atoms with van der Waals surface area (Å²) in [6.07, 6.45) is 3.15. The molecule has 3 unspecified atom stereocenters. The van der Waals surface area contributed by atoms with Crippen LogP contribution in [0.5, 0.6) is 0 Å². The van der Waals surface area contributed by atoms with Crippen LogP contribution < -0.4 is 5.32 Å². The van der Waals surface area contributed by atoms with Crippen LogP contribution in [-0.2, 0) is 9.53 Å². The van der Waals surface area contributed by atoms with Gasteiger partial charge in [-0.15, -0.1) is 0 Å². The van der Waals surface area contributed by atoms with Crippen molar-refractivity contribution < 1.29 is 14.6 Å². The molecule has 1 aliphatic rings. The van der Waals surface area contributed by atoms with Gasteiger partial charge >= 0.3 is 0 Å². The maximum absolute atomic E-state index is 12.2. The molecule has 1 saturated carbocycles. The molecule has 0 radical (unpaired) electrons. The Morgan fingerprint density at radius 1 is 1.35 bits per heavy atom. The number of methoxy groups -OCH3 is 1. The van der Waals surface area contributed by atoms with Gasteiger partial charge < -0.3 is 15.2 Å². The lowest BCUT2D eigenvalue weighted by atomic mass is 9.86. The fraction of sp³-hybridized carbons (Fsp3) is 0.562. The lowest BCUT2D eigenvalue weighted by Gasteiger charge is -2.28. The van der Waals surface area contributed by atoms with Crippen LogP contribution in [0.15, 0.2) is 30.3 Å². The summed E-state index contributed by atoms with van der Waals surface area (Å²) in [5, 5.41) is 12.8. The van der Waals surface area contributed by atoms with Gasteiger partial charge in [-0.3, -0.25) is 4.79 Å². The SMILES string of the molecule is COC(C(=O)NCC1CCCCC1O)c1ccccc1. The molecule has 1 aromatic rings. The molecule has 0 aromatic heterocycles. The Morgan fingerprint density at radius 3 is 2.70 bits per heavy atom. The molecule has 1 aromatic carbocycles. The van der Waals surface area contributed by atoms with Gasteiger partial charge in [0.25, 0.3) is 5.91 Å². The lowest BCUT2D eigenvalue weighted by molar-refractivity contribution is -0.131. The summed E-state index contributed by atoms with van der Waals surface area (Å²) in [5.74, 6) is 0.0254. The molecule has 4 heteroatoms. The summed E-state index contributed by atoms with van der Waals surface area (Å²) in [6.45, 7) is 0.521. The van der Waals surface area contributed by atoms with Crippen molar-refractivity contribution in [2.24, 2.45) is 5.92 Å². The summed E-state index contributed by atoms with van der Waals surface area (Å²) in [6, 6.07) is 9.44. The normalized spacial score (nSPS) is 24.1. The van der Waals surface area contributed by atoms with Crippen LogP contribution >= 0.6 is 0 Å². The van der Waals surface area contributed by atoms with E-state index in [0.29, 0.717) is 6.54 Å². The van der Waals surface area contributed by atoms with Gasteiger partial charge in [0, 0.05) is 19.6 Å². The van der Waals surface area contributed by atoms with Crippen LogP contribution in [0.4, 0.5) is 0 Å². The summed E-state index contributed by atoms with van der Waals surface area (Å²) in [4.78, 5) is 12.2. The van der Waals surface area contributed by atoms with E-state index >= 15 is 0 Å². The van der Waals surface area contributed by atoms with E-state index in [2.05, 4.69) is 5.32 Å². The van der Waals surface area contributed by atoms with E-state index in [1.54, 1.807) is 0 Å². The number of carbonyl (C=O) groups excluding carboxylic acids is 1. The summed E-state index contributed by atoms with van der Waals surface area (Å²) >= 11 is 0. The molecule has 0 heterocycles. The van der Waals surface area contributed by atoms with E-state index in [1.807, 2.05) is 30.3 Å². The van der Waals surface area contributed by atoms with Gasteiger partial charge in [0.1, 0.15) is 0 Å². The van der Waals surface area contributed by atoms with Crippen LogP contribution in [0, 0.1) is 5.92 Å². The number of rotatable bonds is 5. The average molecular weight is 277 g/mol. The van der Waals surface area contributed by atoms with Crippen LogP contribution in [0.1, 0.15) is 37.4 Å². The van der Waals surface area contributed by atoms with Crippen LogP contribution in [-0.4, -0.2) is 30.8 Å². The summed E-state index contributed by atoms with van der Waals surface area (Å²) in [7, 11) is 1.53. The Bertz CT molecular complexity index is 421. The van der Waals surface area contributed by atoms with Gasteiger partial charge in [-0.25, -0.2) is 0 Å². The molecule has 20 heavy (non-hydrogen) atoms. The van der Waals surface area contributed by atoms with Gasteiger partial charge in [0.05, 0.1) is 6.10 Å². The van der Waals surface area contributed by atoms with E-state index in [-0.39, 0.29) is 17.9 Å². The number of hydrogen-bond acceptors (Lipinski definition) is 3. The highest BCUT2D eigenvalue weighted by Crippen LogP contribution is 2.24. The summed E-state index contributed by atoms with van der Waals surface area (Å²) < 4.78 is 5.29. The smallest absolute Gasteiger partial charge is 0.253 e. The Morgan fingerprint density at radius 2 is 2.05 bits per heavy atom. The molecule has 2 rings (SSSR count). The second-order valence-electron chi connectivity index (χ2n) is 5.38. The molecule has 1 amide bonds. The highest BCUT2D eigenvalue weighted by atomic mass is 16.5. The van der Waals surface area contributed by atoms with Gasteiger partial charge in [-0.1, -0.05) is 43.2 Å². The molecule has 3 atom stereocenters. The minimum Gasteiger partial charge on any atom is -0.393 e. The van der Waals surface area contributed by atoms with Gasteiger partial charge in [0.15, 0.2) is 6.10 Å². The number of benzene rings is 1.